The van der Waals surface area contributed by atoms with Crippen molar-refractivity contribution < 1.29 is 0 Å². The van der Waals surface area contributed by atoms with Crippen molar-refractivity contribution in [2.24, 2.45) is 7.05 Å². The van der Waals surface area contributed by atoms with Crippen LogP contribution >= 0.6 is 15.9 Å². The van der Waals surface area contributed by atoms with Gasteiger partial charge in [-0.25, -0.2) is 4.98 Å². The summed E-state index contributed by atoms with van der Waals surface area (Å²) in [5, 5.41) is 14.5. The van der Waals surface area contributed by atoms with Crippen LogP contribution in [-0.4, -0.2) is 19.7 Å². The van der Waals surface area contributed by atoms with Gasteiger partial charge in [-0.1, -0.05) is 29.8 Å². The Labute approximate surface area is 153 Å². The number of aryl methyl sites for hydroxylation is 1. The average Bonchev–Trinajstić information content (AvgIpc) is 2.94. The second kappa shape index (κ2) is 6.65. The Morgan fingerprint density at radius 1 is 1.44 bits per heavy atom. The molecule has 126 valence electrons. The van der Waals surface area contributed by atoms with E-state index in [2.05, 4.69) is 37.1 Å². The molecule has 0 aliphatic heterocycles. The maximum Gasteiger partial charge on any atom is 0.259 e. The Morgan fingerprint density at radius 3 is 2.88 bits per heavy atom. The van der Waals surface area contributed by atoms with Gasteiger partial charge in [0.2, 0.25) is 0 Å². The quantitative estimate of drug-likeness (QED) is 0.683. The third-order valence-electron chi connectivity index (χ3n) is 3.78. The molecule has 0 aliphatic rings. The number of H-pyrrole nitrogens is 1. The minimum absolute atomic E-state index is 0.216. The fourth-order valence-corrected chi connectivity index (χ4v) is 2.99. The third-order valence-corrected chi connectivity index (χ3v) is 4.27. The predicted molar refractivity (Wildman–Crippen MR) is 101 cm³/mol. The summed E-state index contributed by atoms with van der Waals surface area (Å²) in [7, 11) is 1.84. The van der Waals surface area contributed by atoms with Crippen molar-refractivity contribution in [2.45, 2.75) is 19.8 Å². The van der Waals surface area contributed by atoms with Crippen LogP contribution in [0, 0.1) is 11.3 Å². The fraction of sp³-hybridized carbons (Fsp3) is 0.222. The third kappa shape index (κ3) is 3.39. The molecule has 0 unspecified atom stereocenters. The summed E-state index contributed by atoms with van der Waals surface area (Å²) < 4.78 is 2.51. The van der Waals surface area contributed by atoms with Gasteiger partial charge in [0.1, 0.15) is 6.07 Å². The van der Waals surface area contributed by atoms with Gasteiger partial charge in [0.05, 0.1) is 22.2 Å². The lowest BCUT2D eigenvalue weighted by molar-refractivity contribution is 0.713. The Bertz CT molecular complexity index is 1090. The van der Waals surface area contributed by atoms with E-state index in [1.807, 2.05) is 33.2 Å². The van der Waals surface area contributed by atoms with Gasteiger partial charge in [0, 0.05) is 23.3 Å². The zero-order valence-corrected chi connectivity index (χ0v) is 15.6. The maximum absolute atomic E-state index is 12.3. The van der Waals surface area contributed by atoms with E-state index in [1.54, 1.807) is 22.9 Å². The van der Waals surface area contributed by atoms with Crippen molar-refractivity contribution in [1.82, 2.24) is 19.7 Å². The molecule has 0 atom stereocenters. The SMILES string of the molecule is CC(C)c1nn(C)cc1/C=C(\C#N)c1nc2ccc(Br)cc2c(=O)[nH]1. The number of hydrogen-bond acceptors (Lipinski definition) is 4. The molecule has 2 heterocycles. The summed E-state index contributed by atoms with van der Waals surface area (Å²) in [4.78, 5) is 19.5. The van der Waals surface area contributed by atoms with Crippen LogP contribution in [0.2, 0.25) is 0 Å². The van der Waals surface area contributed by atoms with Crippen LogP contribution in [0.1, 0.15) is 36.8 Å². The first kappa shape index (κ1) is 17.1. The van der Waals surface area contributed by atoms with Crippen LogP contribution in [0.3, 0.4) is 0 Å². The number of fused-ring (bicyclic) bond motifs is 1. The molecule has 0 saturated carbocycles. The number of nitrogens with one attached hydrogen (secondary N) is 1. The van der Waals surface area contributed by atoms with E-state index in [9.17, 15) is 10.1 Å². The van der Waals surface area contributed by atoms with Crippen LogP contribution < -0.4 is 5.56 Å². The van der Waals surface area contributed by atoms with E-state index < -0.39 is 0 Å². The van der Waals surface area contributed by atoms with Crippen molar-refractivity contribution >= 4 is 38.5 Å². The molecule has 0 fully saturated rings. The first-order valence-electron chi connectivity index (χ1n) is 7.74. The van der Waals surface area contributed by atoms with E-state index in [1.165, 1.54) is 0 Å². The number of benzene rings is 1. The zero-order valence-electron chi connectivity index (χ0n) is 14.0. The van der Waals surface area contributed by atoms with Gasteiger partial charge in [0.15, 0.2) is 5.82 Å². The molecule has 0 radical (unpaired) electrons. The highest BCUT2D eigenvalue weighted by molar-refractivity contribution is 9.10. The average molecular weight is 398 g/mol. The van der Waals surface area contributed by atoms with E-state index in [4.69, 9.17) is 0 Å². The van der Waals surface area contributed by atoms with E-state index in [0.29, 0.717) is 10.9 Å². The zero-order chi connectivity index (χ0) is 18.1. The molecular formula is C18H16BrN5O. The monoisotopic (exact) mass is 397 g/mol. The summed E-state index contributed by atoms with van der Waals surface area (Å²) in [5.41, 5.74) is 2.28. The van der Waals surface area contributed by atoms with Gasteiger partial charge in [0.25, 0.3) is 5.56 Å². The number of rotatable bonds is 3. The van der Waals surface area contributed by atoms with Gasteiger partial charge in [-0.15, -0.1) is 0 Å². The van der Waals surface area contributed by atoms with Gasteiger partial charge in [-0.2, -0.15) is 10.4 Å². The molecule has 0 saturated heterocycles. The lowest BCUT2D eigenvalue weighted by Crippen LogP contribution is -2.11. The van der Waals surface area contributed by atoms with Crippen molar-refractivity contribution in [3.63, 3.8) is 0 Å². The van der Waals surface area contributed by atoms with Crippen LogP contribution in [-0.2, 0) is 7.05 Å². The molecule has 3 aromatic rings. The first-order valence-corrected chi connectivity index (χ1v) is 8.53. The Hall–Kier alpha value is -2.72. The molecule has 6 nitrogen and oxygen atoms in total. The normalized spacial score (nSPS) is 11.9. The summed E-state index contributed by atoms with van der Waals surface area (Å²) in [6, 6.07) is 7.39. The van der Waals surface area contributed by atoms with Gasteiger partial charge < -0.3 is 4.98 Å². The summed E-state index contributed by atoms with van der Waals surface area (Å²) in [6.07, 6.45) is 3.56. The van der Waals surface area contributed by atoms with Crippen molar-refractivity contribution in [3.05, 3.63) is 56.3 Å². The molecule has 7 heteroatoms. The summed E-state index contributed by atoms with van der Waals surface area (Å²) in [5.74, 6) is 0.467. The number of aromatic nitrogens is 4. The molecule has 0 amide bonds. The molecule has 0 bridgehead atoms. The van der Waals surface area contributed by atoms with Crippen LogP contribution in [0.25, 0.3) is 22.6 Å². The standard InChI is InChI=1S/C18H16BrN5O/c1-10(2)16-12(9-24(3)23-16)6-11(8-20)17-21-15-5-4-13(19)7-14(15)18(25)22-17/h4-7,9-10H,1-3H3,(H,21,22,25)/b11-6+. The molecule has 25 heavy (non-hydrogen) atoms. The minimum atomic E-state index is -0.280. The highest BCUT2D eigenvalue weighted by Gasteiger charge is 2.13. The van der Waals surface area contributed by atoms with Gasteiger partial charge >= 0.3 is 0 Å². The first-order chi connectivity index (χ1) is 11.9. The maximum atomic E-state index is 12.3. The van der Waals surface area contributed by atoms with E-state index in [-0.39, 0.29) is 22.9 Å². The second-order valence-electron chi connectivity index (χ2n) is 6.04. The molecule has 0 aliphatic carbocycles. The highest BCUT2D eigenvalue weighted by Crippen LogP contribution is 2.23. The Balaban J connectivity index is 2.17. The number of aromatic amines is 1. The van der Waals surface area contributed by atoms with Crippen molar-refractivity contribution in [1.29, 1.82) is 5.26 Å². The second-order valence-corrected chi connectivity index (χ2v) is 6.96. The topological polar surface area (TPSA) is 87.4 Å². The number of nitrogens with zero attached hydrogens (tertiary/aromatic N) is 4. The molecule has 2 aromatic heterocycles. The van der Waals surface area contributed by atoms with Gasteiger partial charge in [-0.05, 0) is 30.2 Å². The van der Waals surface area contributed by atoms with E-state index in [0.717, 1.165) is 15.7 Å². The van der Waals surface area contributed by atoms with Gasteiger partial charge in [-0.3, -0.25) is 9.48 Å². The lowest BCUT2D eigenvalue weighted by atomic mass is 10.0. The Morgan fingerprint density at radius 2 is 2.20 bits per heavy atom. The fourth-order valence-electron chi connectivity index (χ4n) is 2.63. The molecule has 1 N–H and O–H groups in total. The summed E-state index contributed by atoms with van der Waals surface area (Å²) >= 11 is 3.34. The van der Waals surface area contributed by atoms with E-state index >= 15 is 0 Å². The summed E-state index contributed by atoms with van der Waals surface area (Å²) in [6.45, 7) is 4.08. The smallest absolute Gasteiger partial charge is 0.259 e. The van der Waals surface area contributed by atoms with Crippen molar-refractivity contribution in [2.75, 3.05) is 0 Å². The van der Waals surface area contributed by atoms with Crippen LogP contribution in [0.4, 0.5) is 0 Å². The number of allylic oxidation sites excluding steroid dienone is 1. The largest absolute Gasteiger partial charge is 0.305 e. The van der Waals surface area contributed by atoms with Crippen molar-refractivity contribution in [3.8, 4) is 6.07 Å². The number of halogens is 1. The minimum Gasteiger partial charge on any atom is -0.305 e. The number of hydrogen-bond donors (Lipinski definition) is 1. The highest BCUT2D eigenvalue weighted by atomic mass is 79.9. The van der Waals surface area contributed by atoms with Crippen LogP contribution in [0.5, 0.6) is 0 Å². The predicted octanol–water partition coefficient (Wildman–Crippen LogP) is 3.61. The molecule has 0 spiro atoms. The Kier molecular flexibility index (Phi) is 4.55. The van der Waals surface area contributed by atoms with Crippen LogP contribution in [0.15, 0.2) is 33.7 Å². The number of nitriles is 1. The molecule has 3 rings (SSSR count). The molecular weight excluding hydrogens is 382 g/mol. The lowest BCUT2D eigenvalue weighted by Gasteiger charge is -2.04. The molecule has 1 aromatic carbocycles.